The zero-order valence-electron chi connectivity index (χ0n) is 6.81. The molecule has 0 aliphatic carbocycles. The van der Waals surface area contributed by atoms with Crippen LogP contribution in [0.4, 0.5) is 11.9 Å². The zero-order valence-corrected chi connectivity index (χ0v) is 6.81. The van der Waals surface area contributed by atoms with Gasteiger partial charge in [-0.3, -0.25) is 0 Å². The van der Waals surface area contributed by atoms with Crippen LogP contribution in [0.1, 0.15) is 13.8 Å². The fourth-order valence-electron chi connectivity index (χ4n) is 0.745. The highest BCUT2D eigenvalue weighted by atomic mass is 15.3. The third kappa shape index (κ3) is 2.10. The third-order valence-electron chi connectivity index (χ3n) is 1.16. The van der Waals surface area contributed by atoms with E-state index in [4.69, 9.17) is 0 Å². The minimum atomic E-state index is 0.642. The molecule has 1 aromatic rings. The summed E-state index contributed by atoms with van der Waals surface area (Å²) in [5.74, 6) is 1.35. The Morgan fingerprint density at radius 3 is 2.64 bits per heavy atom. The van der Waals surface area contributed by atoms with Crippen molar-refractivity contribution < 1.29 is 0 Å². The molecule has 62 valence electrons. The first-order valence-corrected chi connectivity index (χ1v) is 3.77. The van der Waals surface area contributed by atoms with Crippen molar-refractivity contribution in [3.8, 4) is 0 Å². The zero-order chi connectivity index (χ0) is 8.10. The van der Waals surface area contributed by atoms with E-state index in [9.17, 15) is 0 Å². The maximum atomic E-state index is 4.10. The van der Waals surface area contributed by atoms with Crippen LogP contribution in [-0.2, 0) is 0 Å². The Bertz CT molecular complexity index is 186. The second kappa shape index (κ2) is 3.80. The standard InChI is InChI=1S/C6H13N5/c1-3-7-5-9-6(8-4-2)11-10-5/h3-4H2,1-2H3,(H3,7,8,9,10,11). The van der Waals surface area contributed by atoms with Gasteiger partial charge < -0.3 is 10.6 Å². The van der Waals surface area contributed by atoms with E-state index in [1.807, 2.05) is 13.8 Å². The minimum Gasteiger partial charge on any atom is -0.355 e. The second-order valence-corrected chi connectivity index (χ2v) is 2.07. The first-order chi connectivity index (χ1) is 5.36. The number of aromatic nitrogens is 3. The molecule has 0 radical (unpaired) electrons. The van der Waals surface area contributed by atoms with Gasteiger partial charge >= 0.3 is 0 Å². The van der Waals surface area contributed by atoms with Gasteiger partial charge in [-0.1, -0.05) is 0 Å². The Morgan fingerprint density at radius 1 is 1.27 bits per heavy atom. The summed E-state index contributed by atoms with van der Waals surface area (Å²) >= 11 is 0. The Kier molecular flexibility index (Phi) is 2.71. The molecule has 0 spiro atoms. The van der Waals surface area contributed by atoms with Crippen molar-refractivity contribution in [2.75, 3.05) is 23.7 Å². The van der Waals surface area contributed by atoms with E-state index in [-0.39, 0.29) is 0 Å². The monoisotopic (exact) mass is 155 g/mol. The number of hydrogen-bond acceptors (Lipinski definition) is 4. The van der Waals surface area contributed by atoms with Gasteiger partial charge in [-0.15, -0.1) is 5.10 Å². The summed E-state index contributed by atoms with van der Waals surface area (Å²) in [6.07, 6.45) is 0. The van der Waals surface area contributed by atoms with Gasteiger partial charge in [-0.2, -0.15) is 4.98 Å². The maximum Gasteiger partial charge on any atom is 0.243 e. The van der Waals surface area contributed by atoms with Crippen LogP contribution >= 0.6 is 0 Å². The quantitative estimate of drug-likeness (QED) is 0.598. The molecule has 0 fully saturated rings. The van der Waals surface area contributed by atoms with E-state index in [0.29, 0.717) is 11.9 Å². The topological polar surface area (TPSA) is 65.6 Å². The van der Waals surface area contributed by atoms with E-state index in [2.05, 4.69) is 25.8 Å². The van der Waals surface area contributed by atoms with Gasteiger partial charge in [0, 0.05) is 13.1 Å². The van der Waals surface area contributed by atoms with Gasteiger partial charge in [0.1, 0.15) is 0 Å². The molecule has 3 N–H and O–H groups in total. The third-order valence-corrected chi connectivity index (χ3v) is 1.16. The Morgan fingerprint density at radius 2 is 2.00 bits per heavy atom. The van der Waals surface area contributed by atoms with Gasteiger partial charge in [0.15, 0.2) is 0 Å². The molecule has 0 atom stereocenters. The number of hydrogen-bond donors (Lipinski definition) is 3. The number of rotatable bonds is 4. The average molecular weight is 155 g/mol. The highest BCUT2D eigenvalue weighted by molar-refractivity contribution is 5.32. The summed E-state index contributed by atoms with van der Waals surface area (Å²) in [5.41, 5.74) is 0. The molecular formula is C6H13N5. The van der Waals surface area contributed by atoms with Crippen molar-refractivity contribution in [3.05, 3.63) is 0 Å². The SMILES string of the molecule is CCNc1n[nH]c(NCC)n1. The lowest BCUT2D eigenvalue weighted by Crippen LogP contribution is -1.99. The Hall–Kier alpha value is -1.26. The van der Waals surface area contributed by atoms with E-state index < -0.39 is 0 Å². The minimum absolute atomic E-state index is 0.642. The van der Waals surface area contributed by atoms with Crippen LogP contribution in [0.15, 0.2) is 0 Å². The average Bonchev–Trinajstić information content (AvgIpc) is 2.38. The summed E-state index contributed by atoms with van der Waals surface area (Å²) in [6.45, 7) is 5.70. The Labute approximate surface area is 65.6 Å². The van der Waals surface area contributed by atoms with Crippen LogP contribution in [0, 0.1) is 0 Å². The highest BCUT2D eigenvalue weighted by Gasteiger charge is 1.97. The van der Waals surface area contributed by atoms with Crippen LogP contribution in [0.2, 0.25) is 0 Å². The molecular weight excluding hydrogens is 142 g/mol. The molecule has 0 aliphatic heterocycles. The molecule has 1 aromatic heterocycles. The molecule has 5 heteroatoms. The predicted octanol–water partition coefficient (Wildman–Crippen LogP) is 0.668. The lowest BCUT2D eigenvalue weighted by molar-refractivity contribution is 1.05. The molecule has 0 amide bonds. The first-order valence-electron chi connectivity index (χ1n) is 3.77. The van der Waals surface area contributed by atoms with Crippen molar-refractivity contribution in [1.29, 1.82) is 0 Å². The molecule has 1 rings (SSSR count). The molecule has 0 saturated carbocycles. The Balaban J connectivity index is 2.51. The van der Waals surface area contributed by atoms with Gasteiger partial charge in [-0.25, -0.2) is 5.10 Å². The largest absolute Gasteiger partial charge is 0.355 e. The molecule has 0 saturated heterocycles. The summed E-state index contributed by atoms with van der Waals surface area (Å²) in [4.78, 5) is 4.10. The lowest BCUT2D eigenvalue weighted by atomic mass is 10.7. The molecule has 0 aliphatic rings. The fraction of sp³-hybridized carbons (Fsp3) is 0.667. The number of aromatic amines is 1. The van der Waals surface area contributed by atoms with Crippen LogP contribution in [0.5, 0.6) is 0 Å². The lowest BCUT2D eigenvalue weighted by Gasteiger charge is -1.93. The predicted molar refractivity (Wildman–Crippen MR) is 44.7 cm³/mol. The number of anilines is 2. The fourth-order valence-corrected chi connectivity index (χ4v) is 0.745. The summed E-state index contributed by atoms with van der Waals surface area (Å²) in [6, 6.07) is 0. The van der Waals surface area contributed by atoms with Crippen LogP contribution < -0.4 is 10.6 Å². The molecule has 0 aromatic carbocycles. The van der Waals surface area contributed by atoms with E-state index in [1.165, 1.54) is 0 Å². The van der Waals surface area contributed by atoms with Crippen LogP contribution in [0.3, 0.4) is 0 Å². The van der Waals surface area contributed by atoms with Crippen molar-refractivity contribution in [1.82, 2.24) is 15.2 Å². The molecule has 11 heavy (non-hydrogen) atoms. The summed E-state index contributed by atoms with van der Waals surface area (Å²) < 4.78 is 0. The summed E-state index contributed by atoms with van der Waals surface area (Å²) in [5, 5.41) is 12.7. The van der Waals surface area contributed by atoms with Crippen molar-refractivity contribution in [3.63, 3.8) is 0 Å². The number of H-pyrrole nitrogens is 1. The first kappa shape index (κ1) is 7.84. The number of nitrogens with zero attached hydrogens (tertiary/aromatic N) is 2. The van der Waals surface area contributed by atoms with Crippen molar-refractivity contribution >= 4 is 11.9 Å². The van der Waals surface area contributed by atoms with E-state index in [0.717, 1.165) is 13.1 Å². The van der Waals surface area contributed by atoms with E-state index in [1.54, 1.807) is 0 Å². The molecule has 0 bridgehead atoms. The van der Waals surface area contributed by atoms with Crippen molar-refractivity contribution in [2.45, 2.75) is 13.8 Å². The van der Waals surface area contributed by atoms with Gasteiger partial charge in [0.05, 0.1) is 0 Å². The smallest absolute Gasteiger partial charge is 0.243 e. The maximum absolute atomic E-state index is 4.10. The van der Waals surface area contributed by atoms with Crippen LogP contribution in [-0.4, -0.2) is 28.3 Å². The van der Waals surface area contributed by atoms with Gasteiger partial charge in [-0.05, 0) is 13.8 Å². The second-order valence-electron chi connectivity index (χ2n) is 2.07. The van der Waals surface area contributed by atoms with Gasteiger partial charge in [0.25, 0.3) is 0 Å². The van der Waals surface area contributed by atoms with E-state index >= 15 is 0 Å². The highest BCUT2D eigenvalue weighted by Crippen LogP contribution is 2.01. The summed E-state index contributed by atoms with van der Waals surface area (Å²) in [7, 11) is 0. The molecule has 5 nitrogen and oxygen atoms in total. The van der Waals surface area contributed by atoms with Crippen molar-refractivity contribution in [2.24, 2.45) is 0 Å². The molecule has 1 heterocycles. The normalized spacial score (nSPS) is 9.64. The van der Waals surface area contributed by atoms with Crippen LogP contribution in [0.25, 0.3) is 0 Å². The number of nitrogens with one attached hydrogen (secondary N) is 3. The van der Waals surface area contributed by atoms with Gasteiger partial charge in [0.2, 0.25) is 11.9 Å². The molecule has 0 unspecified atom stereocenters.